The number of nitrogens with one attached hydrogen (secondary N) is 2. The predicted molar refractivity (Wildman–Crippen MR) is 73.0 cm³/mol. The molecule has 0 saturated heterocycles. The molecular weight excluding hydrogens is 208 g/mol. The van der Waals surface area contributed by atoms with Gasteiger partial charge < -0.3 is 10.6 Å². The fourth-order valence-electron chi connectivity index (χ4n) is 2.68. The van der Waals surface area contributed by atoms with Gasteiger partial charge in [0.15, 0.2) is 0 Å². The third-order valence-corrected chi connectivity index (χ3v) is 3.69. The van der Waals surface area contributed by atoms with Crippen LogP contribution in [-0.4, -0.2) is 13.7 Å². The van der Waals surface area contributed by atoms with Crippen molar-refractivity contribution >= 4 is 0 Å². The quantitative estimate of drug-likeness (QED) is 0.602. The molecule has 0 heterocycles. The molecule has 94 valence electrons. The van der Waals surface area contributed by atoms with Crippen LogP contribution in [0.3, 0.4) is 0 Å². The molecule has 0 radical (unpaired) electrons. The molecule has 2 N–H and O–H groups in total. The van der Waals surface area contributed by atoms with E-state index in [1.165, 1.54) is 37.7 Å². The van der Waals surface area contributed by atoms with Gasteiger partial charge in [-0.15, -0.1) is 0 Å². The van der Waals surface area contributed by atoms with Crippen molar-refractivity contribution in [3.63, 3.8) is 0 Å². The van der Waals surface area contributed by atoms with Crippen LogP contribution >= 0.6 is 0 Å². The van der Waals surface area contributed by atoms with E-state index in [-0.39, 0.29) is 0 Å². The molecule has 1 aromatic rings. The molecular formula is C15H24N2. The minimum atomic E-state index is 0.822. The molecule has 1 fully saturated rings. The van der Waals surface area contributed by atoms with Crippen LogP contribution in [0.4, 0.5) is 0 Å². The number of hydrogen-bond donors (Lipinski definition) is 2. The first-order valence-electron chi connectivity index (χ1n) is 6.84. The summed E-state index contributed by atoms with van der Waals surface area (Å²) in [6, 6.07) is 9.19. The van der Waals surface area contributed by atoms with E-state index in [1.54, 1.807) is 5.56 Å². The molecule has 1 aliphatic carbocycles. The number of rotatable bonds is 5. The normalized spacial score (nSPS) is 17.2. The summed E-state index contributed by atoms with van der Waals surface area (Å²) in [5.74, 6) is 0.822. The highest BCUT2D eigenvalue weighted by atomic mass is 15.0. The topological polar surface area (TPSA) is 24.1 Å². The first kappa shape index (κ1) is 12.6. The highest BCUT2D eigenvalue weighted by Crippen LogP contribution is 2.32. The van der Waals surface area contributed by atoms with Crippen LogP contribution in [0.5, 0.6) is 0 Å². The molecule has 2 heteroatoms. The molecule has 0 aromatic heterocycles. The van der Waals surface area contributed by atoms with Crippen LogP contribution in [0.25, 0.3) is 0 Å². The van der Waals surface area contributed by atoms with Gasteiger partial charge in [0.05, 0.1) is 0 Å². The highest BCUT2D eigenvalue weighted by Gasteiger charge is 2.14. The second-order valence-corrected chi connectivity index (χ2v) is 5.03. The van der Waals surface area contributed by atoms with Gasteiger partial charge in [-0.2, -0.15) is 0 Å². The van der Waals surface area contributed by atoms with E-state index in [0.29, 0.717) is 0 Å². The van der Waals surface area contributed by atoms with Gasteiger partial charge in [-0.25, -0.2) is 0 Å². The molecule has 1 aromatic carbocycles. The first-order valence-corrected chi connectivity index (χ1v) is 6.84. The van der Waals surface area contributed by atoms with E-state index in [1.807, 2.05) is 7.05 Å². The maximum atomic E-state index is 3.34. The molecule has 0 amide bonds. The molecule has 0 atom stereocenters. The summed E-state index contributed by atoms with van der Waals surface area (Å²) in [5.41, 5.74) is 2.92. The molecule has 0 aliphatic heterocycles. The van der Waals surface area contributed by atoms with Crippen molar-refractivity contribution in [2.75, 3.05) is 13.7 Å². The average Bonchev–Trinajstić information content (AvgIpc) is 2.41. The number of benzene rings is 1. The van der Waals surface area contributed by atoms with Gasteiger partial charge >= 0.3 is 0 Å². The summed E-state index contributed by atoms with van der Waals surface area (Å²) >= 11 is 0. The lowest BCUT2D eigenvalue weighted by Gasteiger charge is -2.22. The first-order chi connectivity index (χ1) is 8.40. The standard InChI is InChI=1S/C15H24N2/c1-16-12-17-11-13-7-9-15(10-8-13)14-5-3-2-4-6-14/h7-10,14,16-17H,2-6,11-12H2,1H3. The number of hydrogen-bond acceptors (Lipinski definition) is 2. The van der Waals surface area contributed by atoms with Gasteiger partial charge in [0.2, 0.25) is 0 Å². The van der Waals surface area contributed by atoms with Crippen molar-refractivity contribution in [2.24, 2.45) is 0 Å². The largest absolute Gasteiger partial charge is 0.308 e. The molecule has 0 spiro atoms. The molecule has 2 nitrogen and oxygen atoms in total. The fraction of sp³-hybridized carbons (Fsp3) is 0.600. The van der Waals surface area contributed by atoms with Gasteiger partial charge in [0, 0.05) is 13.2 Å². The minimum Gasteiger partial charge on any atom is -0.308 e. The van der Waals surface area contributed by atoms with E-state index in [0.717, 1.165) is 19.1 Å². The van der Waals surface area contributed by atoms with Crippen LogP contribution in [0.1, 0.15) is 49.1 Å². The molecule has 1 aliphatic rings. The Balaban J connectivity index is 1.88. The van der Waals surface area contributed by atoms with Gasteiger partial charge in [-0.05, 0) is 36.9 Å². The minimum absolute atomic E-state index is 0.822. The van der Waals surface area contributed by atoms with E-state index < -0.39 is 0 Å². The van der Waals surface area contributed by atoms with Crippen LogP contribution in [0, 0.1) is 0 Å². The second-order valence-electron chi connectivity index (χ2n) is 5.03. The van der Waals surface area contributed by atoms with Crippen molar-refractivity contribution in [3.05, 3.63) is 35.4 Å². The zero-order chi connectivity index (χ0) is 11.9. The summed E-state index contributed by atoms with van der Waals surface area (Å²) in [6.45, 7) is 1.82. The van der Waals surface area contributed by atoms with Crippen LogP contribution < -0.4 is 10.6 Å². The Labute approximate surface area is 105 Å². The third kappa shape index (κ3) is 3.83. The summed E-state index contributed by atoms with van der Waals surface area (Å²) in [7, 11) is 1.96. The van der Waals surface area contributed by atoms with E-state index in [4.69, 9.17) is 0 Å². The monoisotopic (exact) mass is 232 g/mol. The van der Waals surface area contributed by atoms with Gasteiger partial charge in [-0.1, -0.05) is 43.5 Å². The van der Waals surface area contributed by atoms with Crippen molar-refractivity contribution in [1.29, 1.82) is 0 Å². The molecule has 1 saturated carbocycles. The van der Waals surface area contributed by atoms with Crippen molar-refractivity contribution < 1.29 is 0 Å². The van der Waals surface area contributed by atoms with Crippen molar-refractivity contribution in [2.45, 2.75) is 44.6 Å². The van der Waals surface area contributed by atoms with Gasteiger partial charge in [-0.3, -0.25) is 0 Å². The predicted octanol–water partition coefficient (Wildman–Crippen LogP) is 3.00. The Morgan fingerprint density at radius 2 is 1.76 bits per heavy atom. The Hall–Kier alpha value is -0.860. The summed E-state index contributed by atoms with van der Waals surface area (Å²) in [5, 5.41) is 6.43. The smallest absolute Gasteiger partial charge is 0.0454 e. The summed E-state index contributed by atoms with van der Waals surface area (Å²) < 4.78 is 0. The average molecular weight is 232 g/mol. The lowest BCUT2D eigenvalue weighted by atomic mass is 9.84. The lowest BCUT2D eigenvalue weighted by molar-refractivity contribution is 0.443. The zero-order valence-electron chi connectivity index (χ0n) is 10.8. The van der Waals surface area contributed by atoms with Gasteiger partial charge in [0.1, 0.15) is 0 Å². The molecule has 2 rings (SSSR count). The van der Waals surface area contributed by atoms with Crippen molar-refractivity contribution in [3.8, 4) is 0 Å². The Morgan fingerprint density at radius 3 is 2.41 bits per heavy atom. The van der Waals surface area contributed by atoms with E-state index in [2.05, 4.69) is 34.9 Å². The Morgan fingerprint density at radius 1 is 1.06 bits per heavy atom. The Bertz CT molecular complexity index is 312. The van der Waals surface area contributed by atoms with Crippen LogP contribution in [0.15, 0.2) is 24.3 Å². The lowest BCUT2D eigenvalue weighted by Crippen LogP contribution is -2.25. The second kappa shape index (κ2) is 6.77. The molecule has 17 heavy (non-hydrogen) atoms. The SMILES string of the molecule is CNCNCc1ccc(C2CCCCC2)cc1. The molecule has 0 bridgehead atoms. The zero-order valence-corrected chi connectivity index (χ0v) is 10.8. The van der Waals surface area contributed by atoms with Crippen LogP contribution in [0.2, 0.25) is 0 Å². The Kier molecular flexibility index (Phi) is 5.02. The maximum absolute atomic E-state index is 3.34. The van der Waals surface area contributed by atoms with Crippen LogP contribution in [-0.2, 0) is 6.54 Å². The van der Waals surface area contributed by atoms with Crippen molar-refractivity contribution in [1.82, 2.24) is 10.6 Å². The third-order valence-electron chi connectivity index (χ3n) is 3.69. The molecule has 0 unspecified atom stereocenters. The van der Waals surface area contributed by atoms with E-state index >= 15 is 0 Å². The maximum Gasteiger partial charge on any atom is 0.0454 e. The highest BCUT2D eigenvalue weighted by molar-refractivity contribution is 5.25. The fourth-order valence-corrected chi connectivity index (χ4v) is 2.68. The summed E-state index contributed by atoms with van der Waals surface area (Å²) in [6.07, 6.45) is 7.03. The van der Waals surface area contributed by atoms with E-state index in [9.17, 15) is 0 Å². The van der Waals surface area contributed by atoms with Gasteiger partial charge in [0.25, 0.3) is 0 Å². The summed E-state index contributed by atoms with van der Waals surface area (Å²) in [4.78, 5) is 0.